The molecule has 1 aromatic heterocycles. The van der Waals surface area contributed by atoms with Crippen LogP contribution in [-0.4, -0.2) is 43.1 Å². The highest BCUT2D eigenvalue weighted by molar-refractivity contribution is 6.11. The molecule has 1 saturated heterocycles. The molecule has 0 unspecified atom stereocenters. The van der Waals surface area contributed by atoms with Crippen molar-refractivity contribution in [3.8, 4) is 0 Å². The van der Waals surface area contributed by atoms with Crippen LogP contribution in [0, 0.1) is 11.6 Å². The molecular formula is C27H22F2N4O3. The molecule has 0 spiro atoms. The van der Waals surface area contributed by atoms with Crippen LogP contribution in [0.25, 0.3) is 10.9 Å². The molecule has 5 rings (SSSR count). The number of ketones is 1. The Kier molecular flexibility index (Phi) is 6.55. The lowest BCUT2D eigenvalue weighted by molar-refractivity contribution is 0.103. The number of aromatic nitrogens is 1. The van der Waals surface area contributed by atoms with E-state index in [1.165, 1.54) is 24.3 Å². The number of amides is 2. The minimum absolute atomic E-state index is 0.0766. The van der Waals surface area contributed by atoms with E-state index in [1.54, 1.807) is 24.4 Å². The average molecular weight is 488 g/mol. The third kappa shape index (κ3) is 5.31. The van der Waals surface area contributed by atoms with E-state index in [2.05, 4.69) is 20.5 Å². The molecule has 0 saturated carbocycles. The fourth-order valence-electron chi connectivity index (χ4n) is 4.07. The van der Waals surface area contributed by atoms with Crippen LogP contribution in [0.3, 0.4) is 0 Å². The third-order valence-corrected chi connectivity index (χ3v) is 5.81. The molecule has 2 amide bonds. The molecule has 3 aromatic carbocycles. The van der Waals surface area contributed by atoms with E-state index < -0.39 is 23.4 Å². The maximum absolute atomic E-state index is 14.3. The number of hydrogen-bond acceptors (Lipinski definition) is 5. The molecule has 0 aliphatic carbocycles. The summed E-state index contributed by atoms with van der Waals surface area (Å²) in [5, 5.41) is 5.73. The Morgan fingerprint density at radius 1 is 0.833 bits per heavy atom. The number of fused-ring (bicyclic) bond motifs is 1. The van der Waals surface area contributed by atoms with Crippen LogP contribution in [0.15, 0.2) is 72.9 Å². The fraction of sp³-hybridized carbons (Fsp3) is 0.148. The first-order chi connectivity index (χ1) is 17.4. The summed E-state index contributed by atoms with van der Waals surface area (Å²) in [6, 6.07) is 15.4. The van der Waals surface area contributed by atoms with Crippen molar-refractivity contribution in [1.29, 1.82) is 0 Å². The number of nitrogens with zero attached hydrogens (tertiary/aromatic N) is 2. The molecule has 182 valence electrons. The number of nitrogens with one attached hydrogen (secondary N) is 2. The number of pyridine rings is 1. The van der Waals surface area contributed by atoms with Gasteiger partial charge in [0.1, 0.15) is 11.6 Å². The van der Waals surface area contributed by atoms with Crippen molar-refractivity contribution in [3.63, 3.8) is 0 Å². The van der Waals surface area contributed by atoms with Gasteiger partial charge < -0.3 is 20.3 Å². The van der Waals surface area contributed by atoms with Crippen molar-refractivity contribution < 1.29 is 23.1 Å². The highest BCUT2D eigenvalue weighted by Crippen LogP contribution is 2.24. The van der Waals surface area contributed by atoms with E-state index in [9.17, 15) is 18.4 Å². The van der Waals surface area contributed by atoms with E-state index in [0.717, 1.165) is 47.9 Å². The second-order valence-electron chi connectivity index (χ2n) is 8.35. The molecule has 2 heterocycles. The second-order valence-corrected chi connectivity index (χ2v) is 8.35. The third-order valence-electron chi connectivity index (χ3n) is 5.81. The topological polar surface area (TPSA) is 83.6 Å². The quantitative estimate of drug-likeness (QED) is 0.376. The van der Waals surface area contributed by atoms with E-state index in [0.29, 0.717) is 18.8 Å². The molecule has 0 atom stereocenters. The number of carbonyl (C=O) groups excluding carboxylic acids is 2. The standard InChI is InChI=1S/C27H22F2N4O3/c28-20-2-1-3-22(14-20)31-27(35)32-23-12-19(11-21(29)15-23)26(34)17-4-5-25-18(10-17)13-24(16-30-25)33-6-8-36-9-7-33/h1-5,10-16H,6-9H2,(H2,31,32,35). The lowest BCUT2D eigenvalue weighted by Gasteiger charge is -2.28. The number of halogens is 2. The van der Waals surface area contributed by atoms with E-state index >= 15 is 0 Å². The largest absolute Gasteiger partial charge is 0.378 e. The Hall–Kier alpha value is -4.37. The highest BCUT2D eigenvalue weighted by atomic mass is 19.1. The summed E-state index contributed by atoms with van der Waals surface area (Å²) >= 11 is 0. The predicted octanol–water partition coefficient (Wildman–Crippen LogP) is 5.22. The Labute approximate surface area is 205 Å². The van der Waals surface area contributed by atoms with Crippen molar-refractivity contribution in [1.82, 2.24) is 4.98 Å². The van der Waals surface area contributed by atoms with Gasteiger partial charge in [-0.05, 0) is 60.7 Å². The molecule has 0 radical (unpaired) electrons. The van der Waals surface area contributed by atoms with Crippen LogP contribution in [0.4, 0.5) is 30.6 Å². The number of hydrogen-bond donors (Lipinski definition) is 2. The van der Waals surface area contributed by atoms with Gasteiger partial charge in [0.15, 0.2) is 5.78 Å². The van der Waals surface area contributed by atoms with Gasteiger partial charge in [-0.2, -0.15) is 0 Å². The first-order valence-corrected chi connectivity index (χ1v) is 11.4. The summed E-state index contributed by atoms with van der Waals surface area (Å²) in [7, 11) is 0. The number of morpholine rings is 1. The summed E-state index contributed by atoms with van der Waals surface area (Å²) in [6.07, 6.45) is 1.80. The van der Waals surface area contributed by atoms with Crippen molar-refractivity contribution >= 4 is 39.8 Å². The van der Waals surface area contributed by atoms with Crippen molar-refractivity contribution in [3.05, 3.63) is 95.7 Å². The summed E-state index contributed by atoms with van der Waals surface area (Å²) in [5.41, 5.74) is 2.44. The van der Waals surface area contributed by atoms with Gasteiger partial charge in [0.05, 0.1) is 30.6 Å². The smallest absolute Gasteiger partial charge is 0.323 e. The minimum atomic E-state index is -0.697. The van der Waals surface area contributed by atoms with E-state index in [1.807, 2.05) is 6.07 Å². The molecule has 1 fully saturated rings. The van der Waals surface area contributed by atoms with E-state index in [-0.39, 0.29) is 16.9 Å². The van der Waals surface area contributed by atoms with E-state index in [4.69, 9.17) is 4.74 Å². The first-order valence-electron chi connectivity index (χ1n) is 11.4. The lowest BCUT2D eigenvalue weighted by Crippen LogP contribution is -2.36. The van der Waals surface area contributed by atoms with Crippen LogP contribution >= 0.6 is 0 Å². The minimum Gasteiger partial charge on any atom is -0.378 e. The molecule has 2 N–H and O–H groups in total. The Morgan fingerprint density at radius 3 is 2.42 bits per heavy atom. The normalized spacial score (nSPS) is 13.4. The molecule has 0 bridgehead atoms. The Morgan fingerprint density at radius 2 is 1.61 bits per heavy atom. The molecular weight excluding hydrogens is 466 g/mol. The number of rotatable bonds is 5. The fourth-order valence-corrected chi connectivity index (χ4v) is 4.07. The summed E-state index contributed by atoms with van der Waals surface area (Å²) in [4.78, 5) is 32.2. The number of benzene rings is 3. The molecule has 7 nitrogen and oxygen atoms in total. The zero-order valence-corrected chi connectivity index (χ0v) is 19.1. The Balaban J connectivity index is 1.36. The average Bonchev–Trinajstić information content (AvgIpc) is 2.87. The van der Waals surface area contributed by atoms with Crippen LogP contribution < -0.4 is 15.5 Å². The van der Waals surface area contributed by atoms with Gasteiger partial charge in [-0.15, -0.1) is 0 Å². The molecule has 1 aliphatic heterocycles. The van der Waals surface area contributed by atoms with Crippen LogP contribution in [0.2, 0.25) is 0 Å². The van der Waals surface area contributed by atoms with Gasteiger partial charge in [-0.1, -0.05) is 6.07 Å². The van der Waals surface area contributed by atoms with Crippen LogP contribution in [0.5, 0.6) is 0 Å². The van der Waals surface area contributed by atoms with Crippen LogP contribution in [0.1, 0.15) is 15.9 Å². The number of anilines is 3. The maximum Gasteiger partial charge on any atom is 0.323 e. The molecule has 1 aliphatic rings. The maximum atomic E-state index is 14.3. The van der Waals surface area contributed by atoms with Gasteiger partial charge in [0.25, 0.3) is 0 Å². The molecule has 4 aromatic rings. The van der Waals surface area contributed by atoms with Gasteiger partial charge in [0.2, 0.25) is 0 Å². The van der Waals surface area contributed by atoms with Gasteiger partial charge in [-0.3, -0.25) is 9.78 Å². The van der Waals surface area contributed by atoms with Crippen molar-refractivity contribution in [2.45, 2.75) is 0 Å². The van der Waals surface area contributed by atoms with Gasteiger partial charge >= 0.3 is 6.03 Å². The monoisotopic (exact) mass is 488 g/mol. The van der Waals surface area contributed by atoms with Gasteiger partial charge in [-0.25, -0.2) is 13.6 Å². The summed E-state index contributed by atoms with van der Waals surface area (Å²) in [6.45, 7) is 2.81. The summed E-state index contributed by atoms with van der Waals surface area (Å²) in [5.74, 6) is -1.59. The second kappa shape index (κ2) is 10.1. The van der Waals surface area contributed by atoms with Crippen LogP contribution in [-0.2, 0) is 4.74 Å². The molecule has 9 heteroatoms. The molecule has 36 heavy (non-hydrogen) atoms. The van der Waals surface area contributed by atoms with Crippen molar-refractivity contribution in [2.24, 2.45) is 0 Å². The number of urea groups is 1. The SMILES string of the molecule is O=C(Nc1cccc(F)c1)Nc1cc(F)cc(C(=O)c2ccc3ncc(N4CCOCC4)cc3c2)c1. The predicted molar refractivity (Wildman–Crippen MR) is 134 cm³/mol. The lowest BCUT2D eigenvalue weighted by atomic mass is 10.0. The van der Waals surface area contributed by atoms with Gasteiger partial charge in [0, 0.05) is 41.0 Å². The first kappa shape index (κ1) is 23.4. The number of ether oxygens (including phenoxy) is 1. The summed E-state index contributed by atoms with van der Waals surface area (Å²) < 4.78 is 33.1. The zero-order chi connectivity index (χ0) is 25.1. The zero-order valence-electron chi connectivity index (χ0n) is 19.1. The Bertz CT molecular complexity index is 1450. The van der Waals surface area contributed by atoms with Crippen molar-refractivity contribution in [2.75, 3.05) is 41.8 Å². The number of carbonyl (C=O) groups is 2. The highest BCUT2D eigenvalue weighted by Gasteiger charge is 2.16.